The van der Waals surface area contributed by atoms with Crippen LogP contribution in [0.5, 0.6) is 0 Å². The van der Waals surface area contributed by atoms with E-state index in [1.54, 1.807) is 11.3 Å². The second-order valence-electron chi connectivity index (χ2n) is 2.80. The first-order valence-corrected chi connectivity index (χ1v) is 5.71. The summed E-state index contributed by atoms with van der Waals surface area (Å²) < 4.78 is 0. The minimum atomic E-state index is 0.327. The highest BCUT2D eigenvalue weighted by Crippen LogP contribution is 2.30. The molecule has 1 aromatic rings. The lowest BCUT2D eigenvalue weighted by Crippen LogP contribution is -2.04. The molecule has 0 fully saturated rings. The Morgan fingerprint density at radius 3 is 3.00 bits per heavy atom. The minimum absolute atomic E-state index is 0.327. The number of hydrogen-bond donors (Lipinski definition) is 0. The van der Waals surface area contributed by atoms with Gasteiger partial charge in [0, 0.05) is 16.7 Å². The molecule has 1 aliphatic heterocycles. The molecule has 0 spiro atoms. The second-order valence-corrected chi connectivity index (χ2v) is 4.90. The normalized spacial score (nSPS) is 22.8. The number of aromatic nitrogens is 1. The maximum atomic E-state index is 4.50. The van der Waals surface area contributed by atoms with E-state index in [-0.39, 0.29) is 0 Å². The van der Waals surface area contributed by atoms with Crippen LogP contribution in [-0.4, -0.2) is 23.6 Å². The number of nitrogens with zero attached hydrogens (tertiary/aromatic N) is 2. The highest BCUT2D eigenvalue weighted by atomic mass is 32.2. The molecule has 2 heterocycles. The van der Waals surface area contributed by atoms with Crippen molar-refractivity contribution < 1.29 is 0 Å². The molecule has 2 rings (SSSR count). The van der Waals surface area contributed by atoms with Crippen molar-refractivity contribution in [2.45, 2.75) is 13.0 Å². The Bertz CT molecular complexity index is 321. The number of rotatable bonds is 1. The first-order valence-electron chi connectivity index (χ1n) is 3.85. The van der Waals surface area contributed by atoms with Crippen LogP contribution in [0.3, 0.4) is 0 Å². The lowest BCUT2D eigenvalue weighted by atomic mass is 10.1. The van der Waals surface area contributed by atoms with E-state index in [2.05, 4.69) is 22.3 Å². The number of thiazole rings is 1. The van der Waals surface area contributed by atoms with Gasteiger partial charge in [0.25, 0.3) is 0 Å². The largest absolute Gasteiger partial charge is 0.272 e. The van der Waals surface area contributed by atoms with E-state index in [0.717, 1.165) is 16.4 Å². The van der Waals surface area contributed by atoms with Crippen molar-refractivity contribution in [2.24, 2.45) is 4.99 Å². The molecule has 0 saturated heterocycles. The van der Waals surface area contributed by atoms with Crippen molar-refractivity contribution in [3.05, 3.63) is 10.4 Å². The Morgan fingerprint density at radius 1 is 1.67 bits per heavy atom. The molecule has 1 aromatic heterocycles. The van der Waals surface area contributed by atoms with Gasteiger partial charge in [-0.05, 0) is 6.92 Å². The molecule has 5 heteroatoms. The molecule has 1 aliphatic rings. The maximum absolute atomic E-state index is 4.50. The highest BCUT2D eigenvalue weighted by molar-refractivity contribution is 8.14. The summed E-state index contributed by atoms with van der Waals surface area (Å²) in [6.07, 6.45) is 0. The zero-order valence-corrected chi connectivity index (χ0v) is 8.71. The standard InChI is InChI=1S/C7H9BN2S2/c1-4-9-5(2-11-4)7-10-6(8)3-12-7/h3,5H,2,8H2,1H3. The average Bonchev–Trinajstić information content (AvgIpc) is 2.58. The smallest absolute Gasteiger partial charge is 0.165 e. The second kappa shape index (κ2) is 3.22. The van der Waals surface area contributed by atoms with E-state index in [1.807, 2.05) is 19.6 Å². The molecular formula is C7H9BN2S2. The fourth-order valence-electron chi connectivity index (χ4n) is 1.15. The van der Waals surface area contributed by atoms with Gasteiger partial charge in [0.2, 0.25) is 0 Å². The van der Waals surface area contributed by atoms with Gasteiger partial charge in [-0.15, -0.1) is 23.1 Å². The molecule has 0 bridgehead atoms. The molecular weight excluding hydrogens is 187 g/mol. The fraction of sp³-hybridized carbons (Fsp3) is 0.429. The van der Waals surface area contributed by atoms with Crippen molar-refractivity contribution in [3.63, 3.8) is 0 Å². The lowest BCUT2D eigenvalue weighted by Gasteiger charge is -1.98. The molecule has 0 N–H and O–H groups in total. The Labute approximate surface area is 80.9 Å². The van der Waals surface area contributed by atoms with Gasteiger partial charge in [0.15, 0.2) is 7.85 Å². The monoisotopic (exact) mass is 196 g/mol. The van der Waals surface area contributed by atoms with Gasteiger partial charge < -0.3 is 0 Å². The lowest BCUT2D eigenvalue weighted by molar-refractivity contribution is 0.839. The van der Waals surface area contributed by atoms with Crippen molar-refractivity contribution in [1.29, 1.82) is 0 Å². The fourth-order valence-corrected chi connectivity index (χ4v) is 2.92. The topological polar surface area (TPSA) is 25.2 Å². The van der Waals surface area contributed by atoms with Crippen LogP contribution < -0.4 is 5.59 Å². The van der Waals surface area contributed by atoms with Crippen molar-refractivity contribution in [3.8, 4) is 0 Å². The average molecular weight is 196 g/mol. The van der Waals surface area contributed by atoms with Crippen molar-refractivity contribution >= 4 is 41.6 Å². The van der Waals surface area contributed by atoms with Gasteiger partial charge >= 0.3 is 0 Å². The molecule has 0 aromatic carbocycles. The molecule has 1 unspecified atom stereocenters. The minimum Gasteiger partial charge on any atom is -0.272 e. The Kier molecular flexibility index (Phi) is 2.23. The molecule has 0 radical (unpaired) electrons. The highest BCUT2D eigenvalue weighted by Gasteiger charge is 2.19. The zero-order chi connectivity index (χ0) is 8.55. The predicted molar refractivity (Wildman–Crippen MR) is 58.6 cm³/mol. The zero-order valence-electron chi connectivity index (χ0n) is 7.07. The van der Waals surface area contributed by atoms with Crippen LogP contribution in [0.1, 0.15) is 18.0 Å². The van der Waals surface area contributed by atoms with E-state index in [0.29, 0.717) is 6.04 Å². The number of aliphatic imine (C=N–C) groups is 1. The summed E-state index contributed by atoms with van der Waals surface area (Å²) in [5.74, 6) is 1.07. The molecule has 62 valence electrons. The molecule has 1 atom stereocenters. The van der Waals surface area contributed by atoms with Gasteiger partial charge in [0.05, 0.1) is 5.04 Å². The maximum Gasteiger partial charge on any atom is 0.165 e. The van der Waals surface area contributed by atoms with Gasteiger partial charge in [-0.25, -0.2) is 0 Å². The van der Waals surface area contributed by atoms with Crippen LogP contribution in [-0.2, 0) is 0 Å². The molecule has 0 saturated carbocycles. The quantitative estimate of drug-likeness (QED) is 0.615. The summed E-state index contributed by atoms with van der Waals surface area (Å²) in [6, 6.07) is 0.327. The van der Waals surface area contributed by atoms with Gasteiger partial charge in [0.1, 0.15) is 11.0 Å². The molecule has 0 amide bonds. The van der Waals surface area contributed by atoms with Gasteiger partial charge in [-0.2, -0.15) is 0 Å². The molecule has 12 heavy (non-hydrogen) atoms. The Morgan fingerprint density at radius 2 is 2.50 bits per heavy atom. The first kappa shape index (κ1) is 8.32. The Balaban J connectivity index is 2.21. The van der Waals surface area contributed by atoms with E-state index in [1.165, 1.54) is 5.04 Å². The third-order valence-corrected chi connectivity index (χ3v) is 3.78. The van der Waals surface area contributed by atoms with Gasteiger partial charge in [-0.1, -0.05) is 0 Å². The van der Waals surface area contributed by atoms with E-state index >= 15 is 0 Å². The summed E-state index contributed by atoms with van der Waals surface area (Å²) in [7, 11) is 2.03. The Hall–Kier alpha value is -0.285. The summed E-state index contributed by atoms with van der Waals surface area (Å²) in [6.45, 7) is 2.06. The van der Waals surface area contributed by atoms with Crippen LogP contribution in [0.15, 0.2) is 10.4 Å². The van der Waals surface area contributed by atoms with Crippen LogP contribution in [0.25, 0.3) is 0 Å². The molecule has 2 nitrogen and oxygen atoms in total. The van der Waals surface area contributed by atoms with Crippen LogP contribution in [0.2, 0.25) is 0 Å². The van der Waals surface area contributed by atoms with Gasteiger partial charge in [-0.3, -0.25) is 9.98 Å². The first-order chi connectivity index (χ1) is 5.75. The summed E-state index contributed by atoms with van der Waals surface area (Å²) in [5.41, 5.74) is 1.11. The third-order valence-electron chi connectivity index (χ3n) is 1.71. The van der Waals surface area contributed by atoms with Crippen LogP contribution >= 0.6 is 23.1 Å². The van der Waals surface area contributed by atoms with Crippen LogP contribution in [0.4, 0.5) is 0 Å². The van der Waals surface area contributed by atoms with Crippen molar-refractivity contribution in [1.82, 2.24) is 4.98 Å². The molecule has 0 aliphatic carbocycles. The summed E-state index contributed by atoms with van der Waals surface area (Å²) in [5, 5.41) is 4.44. The summed E-state index contributed by atoms with van der Waals surface area (Å²) >= 11 is 3.54. The SMILES string of the molecule is Bc1csc(C2CSC(C)=N2)n1. The number of thioether (sulfide) groups is 1. The summed E-state index contributed by atoms with van der Waals surface area (Å²) in [4.78, 5) is 8.92. The van der Waals surface area contributed by atoms with Crippen molar-refractivity contribution in [2.75, 3.05) is 5.75 Å². The van der Waals surface area contributed by atoms with Crippen LogP contribution in [0, 0.1) is 0 Å². The van der Waals surface area contributed by atoms with E-state index in [4.69, 9.17) is 0 Å². The van der Waals surface area contributed by atoms with E-state index < -0.39 is 0 Å². The third kappa shape index (κ3) is 1.56. The predicted octanol–water partition coefficient (Wildman–Crippen LogP) is 0.608. The number of hydrogen-bond acceptors (Lipinski definition) is 4. The van der Waals surface area contributed by atoms with E-state index in [9.17, 15) is 0 Å².